The molecule has 35 heavy (non-hydrogen) atoms. The van der Waals surface area contributed by atoms with Gasteiger partial charge in [0, 0.05) is 18.3 Å². The molecule has 0 aliphatic heterocycles. The minimum absolute atomic E-state index is 0.0578. The van der Waals surface area contributed by atoms with Gasteiger partial charge in [0.2, 0.25) is 0 Å². The van der Waals surface area contributed by atoms with Crippen molar-refractivity contribution in [2.75, 3.05) is 6.61 Å². The number of carbonyl (C=O) groups excluding carboxylic acids is 2. The number of carbonyl (C=O) groups is 2. The van der Waals surface area contributed by atoms with Gasteiger partial charge in [-0.05, 0) is 57.0 Å². The van der Waals surface area contributed by atoms with Crippen LogP contribution in [0.25, 0.3) is 16.7 Å². The zero-order valence-corrected chi connectivity index (χ0v) is 20.4. The Hall–Kier alpha value is -4.07. The van der Waals surface area contributed by atoms with E-state index in [1.807, 2.05) is 39.0 Å². The number of benzene rings is 1. The number of aryl methyl sites for hydroxylation is 3. The van der Waals surface area contributed by atoms with Gasteiger partial charge in [-0.1, -0.05) is 37.1 Å². The van der Waals surface area contributed by atoms with Gasteiger partial charge in [-0.3, -0.25) is 14.0 Å². The zero-order chi connectivity index (χ0) is 25.1. The first kappa shape index (κ1) is 24.1. The minimum Gasteiger partial charge on any atom is -0.462 e. The minimum atomic E-state index is -0.649. The average molecular weight is 473 g/mol. The van der Waals surface area contributed by atoms with E-state index in [9.17, 15) is 14.4 Å². The van der Waals surface area contributed by atoms with E-state index in [0.717, 1.165) is 24.0 Å². The molecule has 0 saturated heterocycles. The first-order valence-corrected chi connectivity index (χ1v) is 11.7. The van der Waals surface area contributed by atoms with Gasteiger partial charge in [-0.15, -0.1) is 0 Å². The molecular formula is C27H28N4O4. The number of pyridine rings is 2. The molecule has 0 unspecified atom stereocenters. The number of hydrogen-bond donors (Lipinski definition) is 0. The second-order valence-corrected chi connectivity index (χ2v) is 8.43. The van der Waals surface area contributed by atoms with Crippen molar-refractivity contribution in [3.63, 3.8) is 0 Å². The molecule has 0 radical (unpaired) electrons. The molecule has 8 heteroatoms. The molecule has 180 valence electrons. The van der Waals surface area contributed by atoms with Crippen molar-refractivity contribution in [2.45, 2.75) is 47.1 Å². The van der Waals surface area contributed by atoms with Crippen LogP contribution in [0.3, 0.4) is 0 Å². The van der Waals surface area contributed by atoms with Gasteiger partial charge >= 0.3 is 5.97 Å². The number of ether oxygens (including phenoxy) is 1. The fourth-order valence-corrected chi connectivity index (χ4v) is 3.95. The van der Waals surface area contributed by atoms with Crippen molar-refractivity contribution in [1.29, 1.82) is 0 Å². The fraction of sp³-hybridized carbons (Fsp3) is 0.296. The Balaban J connectivity index is 2.13. The van der Waals surface area contributed by atoms with Crippen molar-refractivity contribution in [3.05, 3.63) is 86.8 Å². The van der Waals surface area contributed by atoms with Crippen LogP contribution >= 0.6 is 0 Å². The summed E-state index contributed by atoms with van der Waals surface area (Å²) >= 11 is 0. The second-order valence-electron chi connectivity index (χ2n) is 8.43. The summed E-state index contributed by atoms with van der Waals surface area (Å²) < 4.78 is 8.44. The third kappa shape index (κ3) is 4.64. The van der Waals surface area contributed by atoms with E-state index < -0.39 is 11.9 Å². The second kappa shape index (κ2) is 10.0. The van der Waals surface area contributed by atoms with Crippen molar-refractivity contribution >= 4 is 28.6 Å². The lowest BCUT2D eigenvalue weighted by Crippen LogP contribution is -2.33. The Morgan fingerprint density at radius 3 is 2.49 bits per heavy atom. The van der Waals surface area contributed by atoms with Gasteiger partial charge in [-0.25, -0.2) is 9.78 Å². The van der Waals surface area contributed by atoms with Crippen LogP contribution in [0.1, 0.15) is 58.5 Å². The molecular weight excluding hydrogens is 444 g/mol. The Labute approximate surface area is 202 Å². The summed E-state index contributed by atoms with van der Waals surface area (Å²) in [5.74, 6) is -1.14. The molecule has 1 aromatic carbocycles. The Morgan fingerprint density at radius 1 is 1.06 bits per heavy atom. The third-order valence-corrected chi connectivity index (χ3v) is 5.84. The standard InChI is InChI=1S/C27H28N4O4/c1-5-7-14-30-23-20(26(33)31-15-8-9-18(4)22(31)28-23)16-21(27(34)35-6-2)24(30)29-25(32)19-12-10-17(3)11-13-19/h8-13,15-16H,5-7,14H2,1-4H3. The van der Waals surface area contributed by atoms with Crippen molar-refractivity contribution in [3.8, 4) is 0 Å². The maximum atomic E-state index is 13.4. The monoisotopic (exact) mass is 472 g/mol. The van der Waals surface area contributed by atoms with Crippen molar-refractivity contribution in [1.82, 2.24) is 14.0 Å². The van der Waals surface area contributed by atoms with Crippen molar-refractivity contribution < 1.29 is 14.3 Å². The van der Waals surface area contributed by atoms with Gasteiger partial charge in [0.1, 0.15) is 16.9 Å². The van der Waals surface area contributed by atoms with Crippen LogP contribution in [0.2, 0.25) is 0 Å². The highest BCUT2D eigenvalue weighted by molar-refractivity contribution is 5.97. The van der Waals surface area contributed by atoms with Gasteiger partial charge in [0.25, 0.3) is 11.5 Å². The highest BCUT2D eigenvalue weighted by Crippen LogP contribution is 2.15. The largest absolute Gasteiger partial charge is 0.462 e. The fourth-order valence-electron chi connectivity index (χ4n) is 3.95. The van der Waals surface area contributed by atoms with E-state index in [1.54, 1.807) is 35.9 Å². The molecule has 8 nitrogen and oxygen atoms in total. The van der Waals surface area contributed by atoms with E-state index in [4.69, 9.17) is 9.72 Å². The van der Waals surface area contributed by atoms with Gasteiger partial charge < -0.3 is 9.30 Å². The molecule has 0 bridgehead atoms. The smallest absolute Gasteiger partial charge is 0.341 e. The first-order valence-electron chi connectivity index (χ1n) is 11.7. The lowest BCUT2D eigenvalue weighted by atomic mass is 10.1. The highest BCUT2D eigenvalue weighted by atomic mass is 16.5. The number of rotatable bonds is 6. The van der Waals surface area contributed by atoms with Crippen LogP contribution < -0.4 is 11.0 Å². The topological polar surface area (TPSA) is 95.0 Å². The predicted octanol–water partition coefficient (Wildman–Crippen LogP) is 3.98. The van der Waals surface area contributed by atoms with E-state index in [0.29, 0.717) is 23.4 Å². The lowest BCUT2D eigenvalue weighted by Gasteiger charge is -2.15. The van der Waals surface area contributed by atoms with Crippen LogP contribution in [0.5, 0.6) is 0 Å². The van der Waals surface area contributed by atoms with Crippen LogP contribution in [-0.4, -0.2) is 32.4 Å². The lowest BCUT2D eigenvalue weighted by molar-refractivity contribution is 0.0523. The summed E-state index contributed by atoms with van der Waals surface area (Å²) in [5, 5.41) is 0.258. The summed E-state index contributed by atoms with van der Waals surface area (Å²) in [4.78, 5) is 48.7. The Morgan fingerprint density at radius 2 is 1.80 bits per heavy atom. The number of esters is 1. The van der Waals surface area contributed by atoms with Gasteiger partial charge in [0.15, 0.2) is 5.49 Å². The molecule has 3 aromatic heterocycles. The van der Waals surface area contributed by atoms with E-state index in [-0.39, 0.29) is 28.6 Å². The van der Waals surface area contributed by atoms with E-state index >= 15 is 0 Å². The maximum Gasteiger partial charge on any atom is 0.341 e. The summed E-state index contributed by atoms with van der Waals surface area (Å²) in [6.45, 7) is 8.12. The average Bonchev–Trinajstić information content (AvgIpc) is 2.84. The molecule has 3 heterocycles. The van der Waals surface area contributed by atoms with Crippen LogP contribution in [0.4, 0.5) is 0 Å². The summed E-state index contributed by atoms with van der Waals surface area (Å²) in [6, 6.07) is 12.2. The SMILES string of the molecule is CCCCn1c(=NC(=O)c2ccc(C)cc2)c(C(=O)OCC)cc2c(=O)n3cccc(C)c3nc21. The molecule has 0 N–H and O–H groups in total. The van der Waals surface area contributed by atoms with E-state index in [2.05, 4.69) is 4.99 Å². The Bertz CT molecular complexity index is 1560. The zero-order valence-electron chi connectivity index (χ0n) is 20.4. The summed E-state index contributed by atoms with van der Waals surface area (Å²) in [7, 11) is 0. The highest BCUT2D eigenvalue weighted by Gasteiger charge is 2.20. The molecule has 1 amide bonds. The quantitative estimate of drug-likeness (QED) is 0.312. The maximum absolute atomic E-state index is 13.4. The van der Waals surface area contributed by atoms with Gasteiger partial charge in [-0.2, -0.15) is 4.99 Å². The molecule has 0 aliphatic rings. The normalized spacial score (nSPS) is 11.8. The van der Waals surface area contributed by atoms with Crippen LogP contribution in [-0.2, 0) is 11.3 Å². The molecule has 0 aliphatic carbocycles. The number of unbranched alkanes of at least 4 members (excludes halogenated alkanes) is 1. The van der Waals surface area contributed by atoms with Crippen LogP contribution in [0, 0.1) is 13.8 Å². The Kier molecular flexibility index (Phi) is 6.91. The third-order valence-electron chi connectivity index (χ3n) is 5.84. The number of nitrogens with zero attached hydrogens (tertiary/aromatic N) is 4. The number of aromatic nitrogens is 3. The van der Waals surface area contributed by atoms with Crippen molar-refractivity contribution in [2.24, 2.45) is 4.99 Å². The molecule has 4 rings (SSSR count). The summed E-state index contributed by atoms with van der Waals surface area (Å²) in [6.07, 6.45) is 3.24. The van der Waals surface area contributed by atoms with Crippen LogP contribution in [0.15, 0.2) is 58.4 Å². The molecule has 0 saturated carbocycles. The molecule has 0 spiro atoms. The first-order chi connectivity index (χ1) is 16.8. The van der Waals surface area contributed by atoms with Gasteiger partial charge in [0.05, 0.1) is 12.0 Å². The summed E-state index contributed by atoms with van der Waals surface area (Å²) in [5.41, 5.74) is 3.02. The number of fused-ring (bicyclic) bond motifs is 2. The molecule has 0 atom stereocenters. The molecule has 0 fully saturated rings. The van der Waals surface area contributed by atoms with E-state index in [1.165, 1.54) is 10.5 Å². The number of amides is 1. The number of hydrogen-bond acceptors (Lipinski definition) is 5. The predicted molar refractivity (Wildman–Crippen MR) is 134 cm³/mol. The molecule has 4 aromatic rings.